The molecule has 0 amide bonds. The number of aliphatic hydroxyl groups is 2. The van der Waals surface area contributed by atoms with Crippen LogP contribution in [0, 0.1) is 0 Å². The van der Waals surface area contributed by atoms with Crippen LogP contribution in [-0.2, 0) is 0 Å². The summed E-state index contributed by atoms with van der Waals surface area (Å²) in [6.45, 7) is 0. The smallest absolute Gasteiger partial charge is 0.131 e. The minimum atomic E-state index is -0.676. The van der Waals surface area contributed by atoms with E-state index >= 15 is 0 Å². The Balaban J connectivity index is 1.66. The van der Waals surface area contributed by atoms with Crippen LogP contribution in [0.15, 0.2) is 54.6 Å². The zero-order valence-electron chi connectivity index (χ0n) is 11.9. The van der Waals surface area contributed by atoms with E-state index in [1.165, 1.54) is 5.56 Å². The van der Waals surface area contributed by atoms with Gasteiger partial charge in [-0.25, -0.2) is 0 Å². The molecule has 1 saturated carbocycles. The SMILES string of the molecule is OC(N[C@@H]1CC[C@@H](O)C1)c1ccc(-c2ccccc2)cc1. The molecule has 21 heavy (non-hydrogen) atoms. The van der Waals surface area contributed by atoms with Crippen molar-refractivity contribution in [2.75, 3.05) is 0 Å². The summed E-state index contributed by atoms with van der Waals surface area (Å²) >= 11 is 0. The summed E-state index contributed by atoms with van der Waals surface area (Å²) < 4.78 is 0. The number of hydrogen-bond donors (Lipinski definition) is 3. The number of hydrogen-bond acceptors (Lipinski definition) is 3. The molecule has 110 valence electrons. The predicted molar refractivity (Wildman–Crippen MR) is 83.6 cm³/mol. The lowest BCUT2D eigenvalue weighted by atomic mass is 10.0. The average molecular weight is 283 g/mol. The molecule has 1 fully saturated rings. The van der Waals surface area contributed by atoms with E-state index in [0.29, 0.717) is 0 Å². The molecule has 2 aromatic rings. The molecule has 0 aliphatic heterocycles. The van der Waals surface area contributed by atoms with Crippen molar-refractivity contribution in [1.29, 1.82) is 0 Å². The van der Waals surface area contributed by atoms with E-state index < -0.39 is 6.23 Å². The molecule has 2 aromatic carbocycles. The molecule has 0 heterocycles. The van der Waals surface area contributed by atoms with Crippen LogP contribution in [0.1, 0.15) is 31.1 Å². The van der Waals surface area contributed by atoms with E-state index in [2.05, 4.69) is 17.4 Å². The highest BCUT2D eigenvalue weighted by Crippen LogP contribution is 2.24. The van der Waals surface area contributed by atoms with Crippen LogP contribution in [0.2, 0.25) is 0 Å². The van der Waals surface area contributed by atoms with Crippen molar-refractivity contribution in [3.8, 4) is 11.1 Å². The van der Waals surface area contributed by atoms with Gasteiger partial charge in [-0.05, 0) is 36.0 Å². The maximum atomic E-state index is 10.2. The minimum absolute atomic E-state index is 0.198. The summed E-state index contributed by atoms with van der Waals surface area (Å²) in [5, 5.41) is 22.9. The zero-order chi connectivity index (χ0) is 14.7. The second-order valence-corrected chi connectivity index (χ2v) is 5.72. The lowest BCUT2D eigenvalue weighted by molar-refractivity contribution is 0.118. The van der Waals surface area contributed by atoms with Gasteiger partial charge in [-0.15, -0.1) is 0 Å². The van der Waals surface area contributed by atoms with Crippen molar-refractivity contribution in [1.82, 2.24) is 5.32 Å². The predicted octanol–water partition coefficient (Wildman–Crippen LogP) is 2.85. The third-order valence-corrected chi connectivity index (χ3v) is 4.13. The van der Waals surface area contributed by atoms with Gasteiger partial charge in [-0.1, -0.05) is 54.6 Å². The molecule has 1 unspecified atom stereocenters. The second-order valence-electron chi connectivity index (χ2n) is 5.72. The summed E-state index contributed by atoms with van der Waals surface area (Å²) in [6.07, 6.45) is 1.55. The van der Waals surface area contributed by atoms with Crippen LogP contribution < -0.4 is 5.32 Å². The van der Waals surface area contributed by atoms with Gasteiger partial charge in [-0.3, -0.25) is 5.32 Å². The summed E-state index contributed by atoms with van der Waals surface area (Å²) in [5.41, 5.74) is 3.17. The Morgan fingerprint density at radius 1 is 0.905 bits per heavy atom. The van der Waals surface area contributed by atoms with E-state index in [1.54, 1.807) is 0 Å². The van der Waals surface area contributed by atoms with Gasteiger partial charge in [0, 0.05) is 6.04 Å². The molecule has 0 spiro atoms. The summed E-state index contributed by atoms with van der Waals surface area (Å²) in [7, 11) is 0. The molecular formula is C18H21NO2. The Morgan fingerprint density at radius 3 is 2.19 bits per heavy atom. The molecule has 1 aliphatic rings. The van der Waals surface area contributed by atoms with Crippen LogP contribution in [-0.4, -0.2) is 22.4 Å². The maximum Gasteiger partial charge on any atom is 0.131 e. The standard InChI is InChI=1S/C18H21NO2/c20-17-11-10-16(12-17)19-18(21)15-8-6-14(7-9-15)13-4-2-1-3-5-13/h1-9,16-21H,10-12H2/t16-,17-,18?/m1/s1. The number of aliphatic hydroxyl groups excluding tert-OH is 2. The monoisotopic (exact) mass is 283 g/mol. The highest BCUT2D eigenvalue weighted by atomic mass is 16.3. The van der Waals surface area contributed by atoms with Gasteiger partial charge in [0.1, 0.15) is 6.23 Å². The van der Waals surface area contributed by atoms with E-state index in [-0.39, 0.29) is 12.1 Å². The lowest BCUT2D eigenvalue weighted by Crippen LogP contribution is -2.31. The fourth-order valence-corrected chi connectivity index (χ4v) is 2.92. The highest BCUT2D eigenvalue weighted by molar-refractivity contribution is 5.63. The van der Waals surface area contributed by atoms with Crippen molar-refractivity contribution >= 4 is 0 Å². The molecule has 0 radical (unpaired) electrons. The molecule has 3 rings (SSSR count). The van der Waals surface area contributed by atoms with Gasteiger partial charge in [-0.2, -0.15) is 0 Å². The zero-order valence-corrected chi connectivity index (χ0v) is 11.9. The summed E-state index contributed by atoms with van der Waals surface area (Å²) in [4.78, 5) is 0. The van der Waals surface area contributed by atoms with Crippen molar-refractivity contribution in [2.24, 2.45) is 0 Å². The van der Waals surface area contributed by atoms with Crippen LogP contribution in [0.25, 0.3) is 11.1 Å². The van der Waals surface area contributed by atoms with Gasteiger partial charge in [0.05, 0.1) is 6.10 Å². The van der Waals surface area contributed by atoms with E-state index in [0.717, 1.165) is 30.4 Å². The van der Waals surface area contributed by atoms with E-state index in [9.17, 15) is 10.2 Å². The van der Waals surface area contributed by atoms with Crippen molar-refractivity contribution in [3.63, 3.8) is 0 Å². The molecule has 3 N–H and O–H groups in total. The van der Waals surface area contributed by atoms with Gasteiger partial charge < -0.3 is 10.2 Å². The van der Waals surface area contributed by atoms with Gasteiger partial charge in [0.25, 0.3) is 0 Å². The van der Waals surface area contributed by atoms with E-state index in [1.807, 2.05) is 42.5 Å². The maximum absolute atomic E-state index is 10.2. The molecule has 3 heteroatoms. The lowest BCUT2D eigenvalue weighted by Gasteiger charge is -2.18. The molecule has 3 atom stereocenters. The van der Waals surface area contributed by atoms with Crippen LogP contribution in [0.5, 0.6) is 0 Å². The van der Waals surface area contributed by atoms with Gasteiger partial charge >= 0.3 is 0 Å². The van der Waals surface area contributed by atoms with Crippen LogP contribution in [0.4, 0.5) is 0 Å². The summed E-state index contributed by atoms with van der Waals surface area (Å²) in [6, 6.07) is 18.3. The Kier molecular flexibility index (Phi) is 4.34. The first kappa shape index (κ1) is 14.3. The minimum Gasteiger partial charge on any atom is -0.393 e. The Labute approximate surface area is 125 Å². The quantitative estimate of drug-likeness (QED) is 0.756. The van der Waals surface area contributed by atoms with Crippen molar-refractivity contribution in [3.05, 3.63) is 60.2 Å². The Morgan fingerprint density at radius 2 is 1.57 bits per heavy atom. The number of benzene rings is 2. The summed E-state index contributed by atoms with van der Waals surface area (Å²) in [5.74, 6) is 0. The first-order chi connectivity index (χ1) is 10.2. The fourth-order valence-electron chi connectivity index (χ4n) is 2.92. The molecular weight excluding hydrogens is 262 g/mol. The van der Waals surface area contributed by atoms with Crippen molar-refractivity contribution in [2.45, 2.75) is 37.6 Å². The van der Waals surface area contributed by atoms with Crippen LogP contribution >= 0.6 is 0 Å². The first-order valence-electron chi connectivity index (χ1n) is 7.50. The molecule has 0 bridgehead atoms. The molecule has 0 saturated heterocycles. The third-order valence-electron chi connectivity index (χ3n) is 4.13. The van der Waals surface area contributed by atoms with Gasteiger partial charge in [0.2, 0.25) is 0 Å². The number of nitrogens with one attached hydrogen (secondary N) is 1. The topological polar surface area (TPSA) is 52.5 Å². The third kappa shape index (κ3) is 3.50. The van der Waals surface area contributed by atoms with Crippen molar-refractivity contribution < 1.29 is 10.2 Å². The molecule has 3 nitrogen and oxygen atoms in total. The molecule has 1 aliphatic carbocycles. The highest BCUT2D eigenvalue weighted by Gasteiger charge is 2.24. The fraction of sp³-hybridized carbons (Fsp3) is 0.333. The largest absolute Gasteiger partial charge is 0.393 e. The van der Waals surface area contributed by atoms with E-state index in [4.69, 9.17) is 0 Å². The number of rotatable bonds is 4. The molecule has 0 aromatic heterocycles. The second kappa shape index (κ2) is 6.39. The Bertz CT molecular complexity index is 568. The van der Waals surface area contributed by atoms with Crippen LogP contribution in [0.3, 0.4) is 0 Å². The first-order valence-corrected chi connectivity index (χ1v) is 7.50. The van der Waals surface area contributed by atoms with Gasteiger partial charge in [0.15, 0.2) is 0 Å². The normalized spacial score (nSPS) is 23.1. The average Bonchev–Trinajstić information content (AvgIpc) is 2.93. The Hall–Kier alpha value is -1.68.